The summed E-state index contributed by atoms with van der Waals surface area (Å²) >= 11 is 1.96. The van der Waals surface area contributed by atoms with Crippen molar-refractivity contribution in [2.75, 3.05) is 5.75 Å². The Kier molecular flexibility index (Phi) is 4.74. The smallest absolute Gasteiger partial charge is 0.154 e. The lowest BCUT2D eigenvalue weighted by atomic mass is 9.98. The zero-order valence-electron chi connectivity index (χ0n) is 12.7. The van der Waals surface area contributed by atoms with E-state index in [2.05, 4.69) is 41.3 Å². The van der Waals surface area contributed by atoms with Crippen LogP contribution >= 0.6 is 11.8 Å². The Morgan fingerprint density at radius 2 is 1.86 bits per heavy atom. The summed E-state index contributed by atoms with van der Waals surface area (Å²) in [7, 11) is 0. The van der Waals surface area contributed by atoms with Gasteiger partial charge in [0.2, 0.25) is 0 Å². The molecule has 2 aromatic rings. The van der Waals surface area contributed by atoms with Crippen molar-refractivity contribution >= 4 is 22.9 Å². The van der Waals surface area contributed by atoms with E-state index in [9.17, 15) is 0 Å². The van der Waals surface area contributed by atoms with Crippen LogP contribution in [0.4, 0.5) is 0 Å². The lowest BCUT2D eigenvalue weighted by molar-refractivity contribution is 0.889. The predicted molar refractivity (Wildman–Crippen MR) is 94.8 cm³/mol. The van der Waals surface area contributed by atoms with E-state index in [1.54, 1.807) is 12.4 Å². The van der Waals surface area contributed by atoms with Gasteiger partial charge in [-0.25, -0.2) is 9.97 Å². The lowest BCUT2D eigenvalue weighted by Gasteiger charge is -2.17. The molecule has 0 spiro atoms. The number of fused-ring (bicyclic) bond motifs is 1. The molecule has 0 bridgehead atoms. The van der Waals surface area contributed by atoms with Crippen LogP contribution in [0.25, 0.3) is 11.1 Å². The maximum atomic E-state index is 4.25. The first-order valence-corrected chi connectivity index (χ1v) is 8.61. The monoisotopic (exact) mass is 308 g/mol. The number of allylic oxidation sites excluding steroid dienone is 2. The predicted octanol–water partition coefficient (Wildman–Crippen LogP) is 5.02. The SMILES string of the molecule is C=C(CCC(=C)c1ncccn1)c1ccc2c(c1)SCCC2. The third-order valence-electron chi connectivity index (χ3n) is 3.93. The van der Waals surface area contributed by atoms with Crippen LogP contribution in [0.2, 0.25) is 0 Å². The average Bonchev–Trinajstić information content (AvgIpc) is 2.59. The summed E-state index contributed by atoms with van der Waals surface area (Å²) in [5.74, 6) is 1.96. The van der Waals surface area contributed by atoms with Crippen LogP contribution in [-0.4, -0.2) is 15.7 Å². The highest BCUT2D eigenvalue weighted by Gasteiger charge is 2.11. The van der Waals surface area contributed by atoms with Gasteiger partial charge in [0, 0.05) is 17.3 Å². The van der Waals surface area contributed by atoms with E-state index in [0.29, 0.717) is 0 Å². The summed E-state index contributed by atoms with van der Waals surface area (Å²) in [5, 5.41) is 0. The number of nitrogens with zero attached hydrogens (tertiary/aromatic N) is 2. The molecule has 0 radical (unpaired) electrons. The lowest BCUT2D eigenvalue weighted by Crippen LogP contribution is -1.99. The molecule has 1 aromatic heterocycles. The van der Waals surface area contributed by atoms with Gasteiger partial charge in [-0.2, -0.15) is 0 Å². The zero-order chi connectivity index (χ0) is 15.4. The normalized spacial score (nSPS) is 13.5. The van der Waals surface area contributed by atoms with E-state index < -0.39 is 0 Å². The Morgan fingerprint density at radius 3 is 2.68 bits per heavy atom. The Morgan fingerprint density at radius 1 is 1.09 bits per heavy atom. The molecular weight excluding hydrogens is 288 g/mol. The molecule has 112 valence electrons. The van der Waals surface area contributed by atoms with Gasteiger partial charge in [-0.3, -0.25) is 0 Å². The molecular formula is C19H20N2S. The second kappa shape index (κ2) is 6.93. The van der Waals surface area contributed by atoms with Crippen molar-refractivity contribution in [2.45, 2.75) is 30.6 Å². The molecule has 3 heteroatoms. The van der Waals surface area contributed by atoms with Crippen LogP contribution in [0, 0.1) is 0 Å². The van der Waals surface area contributed by atoms with Gasteiger partial charge in [0.15, 0.2) is 5.82 Å². The molecule has 2 nitrogen and oxygen atoms in total. The fourth-order valence-electron chi connectivity index (χ4n) is 2.60. The van der Waals surface area contributed by atoms with Gasteiger partial charge in [-0.05, 0) is 65.8 Å². The number of thioether (sulfide) groups is 1. The highest BCUT2D eigenvalue weighted by molar-refractivity contribution is 7.99. The van der Waals surface area contributed by atoms with Crippen LogP contribution in [0.3, 0.4) is 0 Å². The quantitative estimate of drug-likeness (QED) is 0.775. The highest BCUT2D eigenvalue weighted by Crippen LogP contribution is 2.33. The molecule has 0 saturated carbocycles. The van der Waals surface area contributed by atoms with Gasteiger partial charge in [-0.1, -0.05) is 25.3 Å². The highest BCUT2D eigenvalue weighted by atomic mass is 32.2. The molecule has 22 heavy (non-hydrogen) atoms. The molecule has 0 unspecified atom stereocenters. The molecule has 0 N–H and O–H groups in total. The molecule has 0 saturated heterocycles. The van der Waals surface area contributed by atoms with Crippen molar-refractivity contribution in [3.05, 3.63) is 66.8 Å². The van der Waals surface area contributed by atoms with Gasteiger partial charge >= 0.3 is 0 Å². The number of aromatic nitrogens is 2. The van der Waals surface area contributed by atoms with Crippen molar-refractivity contribution in [2.24, 2.45) is 0 Å². The summed E-state index contributed by atoms with van der Waals surface area (Å²) in [6.07, 6.45) is 7.73. The first kappa shape index (κ1) is 15.0. The molecule has 0 aliphatic carbocycles. The topological polar surface area (TPSA) is 25.8 Å². The number of rotatable bonds is 5. The summed E-state index contributed by atoms with van der Waals surface area (Å²) in [5.41, 5.74) is 4.85. The average molecular weight is 308 g/mol. The Hall–Kier alpha value is -1.87. The second-order valence-electron chi connectivity index (χ2n) is 5.55. The fourth-order valence-corrected chi connectivity index (χ4v) is 3.67. The summed E-state index contributed by atoms with van der Waals surface area (Å²) in [6.45, 7) is 8.34. The molecule has 1 aliphatic rings. The first-order valence-electron chi connectivity index (χ1n) is 7.63. The Labute approximate surface area is 136 Å². The van der Waals surface area contributed by atoms with Gasteiger partial charge in [0.25, 0.3) is 0 Å². The maximum absolute atomic E-state index is 4.25. The maximum Gasteiger partial charge on any atom is 0.154 e. The molecule has 0 amide bonds. The van der Waals surface area contributed by atoms with E-state index >= 15 is 0 Å². The van der Waals surface area contributed by atoms with Crippen LogP contribution in [0.5, 0.6) is 0 Å². The molecule has 1 aromatic carbocycles. The minimum Gasteiger partial charge on any atom is -0.237 e. The first-order chi connectivity index (χ1) is 10.7. The molecule has 0 fully saturated rings. The standard InChI is InChI=1S/C19H20N2S/c1-14(6-7-15(2)19-20-10-4-11-21-19)17-9-8-16-5-3-12-22-18(16)13-17/h4,8-11,13H,1-3,5-7,12H2. The molecule has 0 atom stereocenters. The summed E-state index contributed by atoms with van der Waals surface area (Å²) in [4.78, 5) is 9.91. The minimum absolute atomic E-state index is 0.733. The molecule has 2 heterocycles. The molecule has 3 rings (SSSR count). The third-order valence-corrected chi connectivity index (χ3v) is 5.12. The summed E-state index contributed by atoms with van der Waals surface area (Å²) in [6, 6.07) is 8.58. The van der Waals surface area contributed by atoms with Crippen molar-refractivity contribution in [3.8, 4) is 0 Å². The fraction of sp³-hybridized carbons (Fsp3) is 0.263. The zero-order valence-corrected chi connectivity index (χ0v) is 13.5. The van der Waals surface area contributed by atoms with Crippen LogP contribution < -0.4 is 0 Å². The minimum atomic E-state index is 0.733. The van der Waals surface area contributed by atoms with Crippen molar-refractivity contribution in [3.63, 3.8) is 0 Å². The van der Waals surface area contributed by atoms with E-state index in [4.69, 9.17) is 0 Å². The van der Waals surface area contributed by atoms with Crippen molar-refractivity contribution in [1.29, 1.82) is 0 Å². The Balaban J connectivity index is 1.64. The van der Waals surface area contributed by atoms with Crippen LogP contribution in [-0.2, 0) is 6.42 Å². The Bertz CT molecular complexity index is 692. The third kappa shape index (κ3) is 3.47. The number of aryl methyl sites for hydroxylation is 1. The molecule has 1 aliphatic heterocycles. The van der Waals surface area contributed by atoms with Crippen LogP contribution in [0.1, 0.15) is 36.2 Å². The van der Waals surface area contributed by atoms with E-state index in [1.807, 2.05) is 17.8 Å². The van der Waals surface area contributed by atoms with Crippen molar-refractivity contribution < 1.29 is 0 Å². The van der Waals surface area contributed by atoms with E-state index in [0.717, 1.165) is 29.8 Å². The largest absolute Gasteiger partial charge is 0.237 e. The van der Waals surface area contributed by atoms with Gasteiger partial charge < -0.3 is 0 Å². The van der Waals surface area contributed by atoms with Gasteiger partial charge in [-0.15, -0.1) is 11.8 Å². The summed E-state index contributed by atoms with van der Waals surface area (Å²) < 4.78 is 0. The number of hydrogen-bond donors (Lipinski definition) is 0. The van der Waals surface area contributed by atoms with E-state index in [-0.39, 0.29) is 0 Å². The number of benzene rings is 1. The van der Waals surface area contributed by atoms with Gasteiger partial charge in [0.1, 0.15) is 0 Å². The number of hydrogen-bond acceptors (Lipinski definition) is 3. The second-order valence-corrected chi connectivity index (χ2v) is 6.69. The van der Waals surface area contributed by atoms with Crippen LogP contribution in [0.15, 0.2) is 54.7 Å². The van der Waals surface area contributed by atoms with E-state index in [1.165, 1.54) is 34.6 Å². The van der Waals surface area contributed by atoms with Gasteiger partial charge in [0.05, 0.1) is 0 Å². The van der Waals surface area contributed by atoms with Crippen molar-refractivity contribution in [1.82, 2.24) is 9.97 Å².